The fourth-order valence-electron chi connectivity index (χ4n) is 3.38. The SMILES string of the molecule is CC1=CSC2=NC(=O)/C(=C/c3cc(C)n(Cc4ccccc4)c3C)C(=N)N12. The molecule has 1 aromatic heterocycles. The van der Waals surface area contributed by atoms with Crippen LogP contribution in [0.3, 0.4) is 0 Å². The van der Waals surface area contributed by atoms with Crippen LogP contribution in [0.5, 0.6) is 0 Å². The van der Waals surface area contributed by atoms with Gasteiger partial charge in [0.2, 0.25) is 0 Å². The molecule has 2 aromatic rings. The summed E-state index contributed by atoms with van der Waals surface area (Å²) in [6, 6.07) is 12.4. The smallest absolute Gasteiger partial charge is 0.283 e. The van der Waals surface area contributed by atoms with Gasteiger partial charge in [-0.05, 0) is 49.4 Å². The van der Waals surface area contributed by atoms with Crippen LogP contribution in [-0.4, -0.2) is 26.4 Å². The van der Waals surface area contributed by atoms with Crippen molar-refractivity contribution in [2.45, 2.75) is 27.3 Å². The van der Waals surface area contributed by atoms with E-state index >= 15 is 0 Å². The van der Waals surface area contributed by atoms with E-state index in [4.69, 9.17) is 5.41 Å². The van der Waals surface area contributed by atoms with Gasteiger partial charge in [-0.2, -0.15) is 4.99 Å². The first-order valence-corrected chi connectivity index (χ1v) is 9.61. The Hall–Kier alpha value is -2.86. The van der Waals surface area contributed by atoms with Gasteiger partial charge < -0.3 is 4.57 Å². The fourth-order valence-corrected chi connectivity index (χ4v) is 4.24. The lowest BCUT2D eigenvalue weighted by Gasteiger charge is -2.25. The van der Waals surface area contributed by atoms with Gasteiger partial charge in [-0.3, -0.25) is 15.1 Å². The molecule has 1 aromatic carbocycles. The monoisotopic (exact) mass is 376 g/mol. The number of aryl methyl sites for hydroxylation is 1. The molecule has 0 radical (unpaired) electrons. The number of hydrogen-bond donors (Lipinski definition) is 1. The number of rotatable bonds is 3. The Morgan fingerprint density at radius 2 is 1.93 bits per heavy atom. The molecule has 0 spiro atoms. The molecule has 4 rings (SSSR count). The molecule has 6 heteroatoms. The van der Waals surface area contributed by atoms with Crippen molar-refractivity contribution in [3.8, 4) is 0 Å². The summed E-state index contributed by atoms with van der Waals surface area (Å²) in [7, 11) is 0. The van der Waals surface area contributed by atoms with Gasteiger partial charge in [0.05, 0.1) is 5.57 Å². The number of hydrogen-bond acceptors (Lipinski definition) is 3. The van der Waals surface area contributed by atoms with Crippen molar-refractivity contribution in [2.24, 2.45) is 4.99 Å². The highest BCUT2D eigenvalue weighted by Gasteiger charge is 2.34. The number of fused-ring (bicyclic) bond motifs is 1. The minimum atomic E-state index is -0.352. The molecule has 5 nitrogen and oxygen atoms in total. The Balaban J connectivity index is 1.70. The third-order valence-corrected chi connectivity index (χ3v) is 5.82. The van der Waals surface area contributed by atoms with Gasteiger partial charge in [-0.1, -0.05) is 42.1 Å². The molecule has 0 unspecified atom stereocenters. The van der Waals surface area contributed by atoms with E-state index in [1.54, 1.807) is 11.0 Å². The second kappa shape index (κ2) is 6.70. The second-order valence-electron chi connectivity index (χ2n) is 6.72. The van der Waals surface area contributed by atoms with Crippen LogP contribution < -0.4 is 0 Å². The van der Waals surface area contributed by atoms with Gasteiger partial charge in [0, 0.05) is 23.6 Å². The van der Waals surface area contributed by atoms with Crippen molar-refractivity contribution in [2.75, 3.05) is 0 Å². The van der Waals surface area contributed by atoms with Crippen LogP contribution in [0.1, 0.15) is 29.4 Å². The van der Waals surface area contributed by atoms with Gasteiger partial charge in [0.25, 0.3) is 5.91 Å². The maximum Gasteiger partial charge on any atom is 0.283 e. The predicted molar refractivity (Wildman–Crippen MR) is 111 cm³/mol. The van der Waals surface area contributed by atoms with Crippen molar-refractivity contribution in [1.82, 2.24) is 9.47 Å². The molecule has 2 aliphatic rings. The van der Waals surface area contributed by atoms with E-state index in [1.807, 2.05) is 37.5 Å². The number of aliphatic imine (C=N–C) groups is 1. The Bertz CT molecular complexity index is 1040. The highest BCUT2D eigenvalue weighted by molar-refractivity contribution is 8.16. The van der Waals surface area contributed by atoms with Crippen molar-refractivity contribution in [1.29, 1.82) is 5.41 Å². The van der Waals surface area contributed by atoms with E-state index in [-0.39, 0.29) is 11.7 Å². The van der Waals surface area contributed by atoms with Crippen molar-refractivity contribution in [3.63, 3.8) is 0 Å². The van der Waals surface area contributed by atoms with E-state index in [0.717, 1.165) is 29.2 Å². The van der Waals surface area contributed by atoms with Gasteiger partial charge >= 0.3 is 0 Å². The van der Waals surface area contributed by atoms with Crippen LogP contribution in [0, 0.1) is 19.3 Å². The average molecular weight is 376 g/mol. The minimum absolute atomic E-state index is 0.191. The summed E-state index contributed by atoms with van der Waals surface area (Å²) in [5.74, 6) is -0.161. The molecule has 136 valence electrons. The van der Waals surface area contributed by atoms with Crippen LogP contribution in [-0.2, 0) is 11.3 Å². The van der Waals surface area contributed by atoms with E-state index in [9.17, 15) is 4.79 Å². The minimum Gasteiger partial charge on any atom is -0.344 e. The topological polar surface area (TPSA) is 61.5 Å². The number of aromatic nitrogens is 1. The van der Waals surface area contributed by atoms with E-state index < -0.39 is 0 Å². The Morgan fingerprint density at radius 3 is 2.67 bits per heavy atom. The maximum absolute atomic E-state index is 12.5. The molecular formula is C21H20N4OS. The highest BCUT2D eigenvalue weighted by atomic mass is 32.2. The molecule has 1 amide bonds. The summed E-state index contributed by atoms with van der Waals surface area (Å²) >= 11 is 1.38. The summed E-state index contributed by atoms with van der Waals surface area (Å²) in [5.41, 5.74) is 5.61. The lowest BCUT2D eigenvalue weighted by molar-refractivity contribution is -0.114. The standard InChI is InChI=1S/C21H20N4OS/c1-13-9-17(15(3)24(13)11-16-7-5-4-6-8-16)10-18-19(22)25-14(2)12-27-21(25)23-20(18)26/h4-10,12,22H,11H2,1-3H3/b18-10+,22-19?. The lowest BCUT2D eigenvalue weighted by Crippen LogP contribution is -2.37. The quantitative estimate of drug-likeness (QED) is 0.812. The number of allylic oxidation sites excluding steroid dienone is 1. The molecule has 0 saturated carbocycles. The summed E-state index contributed by atoms with van der Waals surface area (Å²) < 4.78 is 2.23. The molecule has 0 saturated heterocycles. The maximum atomic E-state index is 12.5. The first-order chi connectivity index (χ1) is 13.0. The first kappa shape index (κ1) is 17.5. The number of benzene rings is 1. The number of nitrogens with one attached hydrogen (secondary N) is 1. The number of amides is 1. The zero-order chi connectivity index (χ0) is 19.1. The number of thioether (sulfide) groups is 1. The summed E-state index contributed by atoms with van der Waals surface area (Å²) in [6.07, 6.45) is 1.80. The number of carbonyl (C=O) groups excluding carboxylic acids is 1. The van der Waals surface area contributed by atoms with Crippen LogP contribution in [0.2, 0.25) is 0 Å². The van der Waals surface area contributed by atoms with Crippen LogP contribution in [0.4, 0.5) is 0 Å². The van der Waals surface area contributed by atoms with Crippen LogP contribution in [0.15, 0.2) is 58.1 Å². The average Bonchev–Trinajstić information content (AvgIpc) is 3.14. The fraction of sp³-hybridized carbons (Fsp3) is 0.190. The van der Waals surface area contributed by atoms with Crippen LogP contribution >= 0.6 is 11.8 Å². The Kier molecular flexibility index (Phi) is 4.36. The second-order valence-corrected chi connectivity index (χ2v) is 7.55. The molecular weight excluding hydrogens is 356 g/mol. The predicted octanol–water partition coefficient (Wildman–Crippen LogP) is 4.32. The molecule has 1 N–H and O–H groups in total. The van der Waals surface area contributed by atoms with E-state index in [0.29, 0.717) is 10.7 Å². The highest BCUT2D eigenvalue weighted by Crippen LogP contribution is 2.32. The summed E-state index contributed by atoms with van der Waals surface area (Å²) in [4.78, 5) is 18.4. The first-order valence-electron chi connectivity index (χ1n) is 8.73. The lowest BCUT2D eigenvalue weighted by atomic mass is 10.1. The molecule has 0 bridgehead atoms. The molecule has 0 fully saturated rings. The molecule has 0 aliphatic carbocycles. The van der Waals surface area contributed by atoms with Crippen LogP contribution in [0.25, 0.3) is 6.08 Å². The van der Waals surface area contributed by atoms with Gasteiger partial charge in [-0.25, -0.2) is 0 Å². The normalized spacial score (nSPS) is 18.0. The third-order valence-electron chi connectivity index (χ3n) is 4.88. The largest absolute Gasteiger partial charge is 0.344 e. The zero-order valence-corrected chi connectivity index (χ0v) is 16.3. The third kappa shape index (κ3) is 3.06. The molecule has 2 aliphatic heterocycles. The van der Waals surface area contributed by atoms with Crippen molar-refractivity contribution >= 4 is 34.7 Å². The summed E-state index contributed by atoms with van der Waals surface area (Å²) in [5, 5.41) is 11.0. The number of amidine groups is 2. The van der Waals surface area contributed by atoms with Gasteiger partial charge in [0.1, 0.15) is 5.84 Å². The number of carbonyl (C=O) groups is 1. The van der Waals surface area contributed by atoms with Gasteiger partial charge in [-0.15, -0.1) is 0 Å². The van der Waals surface area contributed by atoms with Gasteiger partial charge in [0.15, 0.2) is 5.17 Å². The molecule has 27 heavy (non-hydrogen) atoms. The zero-order valence-electron chi connectivity index (χ0n) is 15.5. The van der Waals surface area contributed by atoms with Crippen molar-refractivity contribution < 1.29 is 4.79 Å². The summed E-state index contributed by atoms with van der Waals surface area (Å²) in [6.45, 7) is 6.81. The Labute approximate surface area is 162 Å². The van der Waals surface area contributed by atoms with E-state index in [2.05, 4.69) is 34.7 Å². The number of nitrogens with zero attached hydrogens (tertiary/aromatic N) is 3. The molecule has 3 heterocycles. The molecule has 0 atom stereocenters. The Morgan fingerprint density at radius 1 is 1.19 bits per heavy atom. The van der Waals surface area contributed by atoms with E-state index in [1.165, 1.54) is 17.3 Å². The van der Waals surface area contributed by atoms with Crippen molar-refractivity contribution in [3.05, 3.63) is 75.6 Å².